The molecule has 8 heteroatoms. The zero-order valence-corrected chi connectivity index (χ0v) is 11.8. The lowest BCUT2D eigenvalue weighted by Gasteiger charge is -2.01. The van der Waals surface area contributed by atoms with Crippen LogP contribution >= 0.6 is 0 Å². The summed E-state index contributed by atoms with van der Waals surface area (Å²) < 4.78 is 18.4. The van der Waals surface area contributed by atoms with Gasteiger partial charge in [0.15, 0.2) is 6.61 Å². The second-order valence-corrected chi connectivity index (χ2v) is 4.73. The molecule has 0 amide bonds. The molecule has 2 heterocycles. The molecule has 0 aliphatic carbocycles. The molecule has 0 unspecified atom stereocenters. The first kappa shape index (κ1) is 13.4. The lowest BCUT2D eigenvalue weighted by Crippen LogP contribution is -2.12. The minimum atomic E-state index is -0.324. The Morgan fingerprint density at radius 1 is 1.00 bits per heavy atom. The SMILES string of the molecule is Fc1ccc(-c2nnc(COn3nnc4ccccc43)o2)cc1. The summed E-state index contributed by atoms with van der Waals surface area (Å²) in [6, 6.07) is 13.2. The van der Waals surface area contributed by atoms with Gasteiger partial charge in [-0.2, -0.15) is 0 Å². The normalized spacial score (nSPS) is 11.0. The van der Waals surface area contributed by atoms with Crippen molar-refractivity contribution in [2.45, 2.75) is 6.61 Å². The second kappa shape index (κ2) is 5.48. The highest BCUT2D eigenvalue weighted by molar-refractivity contribution is 5.73. The Kier molecular flexibility index (Phi) is 3.19. The van der Waals surface area contributed by atoms with E-state index in [0.717, 1.165) is 11.0 Å². The van der Waals surface area contributed by atoms with Crippen LogP contribution in [0.5, 0.6) is 0 Å². The fourth-order valence-electron chi connectivity index (χ4n) is 2.08. The Morgan fingerprint density at radius 2 is 1.83 bits per heavy atom. The topological polar surface area (TPSA) is 78.9 Å². The molecule has 7 nitrogen and oxygen atoms in total. The quantitative estimate of drug-likeness (QED) is 0.575. The van der Waals surface area contributed by atoms with Gasteiger partial charge in [0, 0.05) is 5.56 Å². The summed E-state index contributed by atoms with van der Waals surface area (Å²) in [4.78, 5) is 6.80. The van der Waals surface area contributed by atoms with Crippen molar-refractivity contribution >= 4 is 11.0 Å². The Balaban J connectivity index is 1.51. The second-order valence-electron chi connectivity index (χ2n) is 4.73. The van der Waals surface area contributed by atoms with Crippen molar-refractivity contribution in [1.82, 2.24) is 25.4 Å². The number of rotatable bonds is 4. The third-order valence-corrected chi connectivity index (χ3v) is 3.19. The molecule has 0 fully saturated rings. The average Bonchev–Trinajstić information content (AvgIpc) is 3.20. The van der Waals surface area contributed by atoms with Crippen LogP contribution in [-0.4, -0.2) is 25.4 Å². The van der Waals surface area contributed by atoms with Crippen molar-refractivity contribution in [1.29, 1.82) is 0 Å². The minimum Gasteiger partial charge on any atom is -0.417 e. The largest absolute Gasteiger partial charge is 0.417 e. The van der Waals surface area contributed by atoms with Crippen LogP contribution in [0.15, 0.2) is 52.9 Å². The van der Waals surface area contributed by atoms with Gasteiger partial charge in [0.1, 0.15) is 16.9 Å². The first-order valence-corrected chi connectivity index (χ1v) is 6.82. The molecule has 114 valence electrons. The van der Waals surface area contributed by atoms with Gasteiger partial charge in [-0.15, -0.1) is 15.3 Å². The van der Waals surface area contributed by atoms with E-state index in [0.29, 0.717) is 11.5 Å². The highest BCUT2D eigenvalue weighted by Gasteiger charge is 2.11. The Bertz CT molecular complexity index is 948. The third-order valence-electron chi connectivity index (χ3n) is 3.19. The van der Waals surface area contributed by atoms with Crippen LogP contribution in [0.1, 0.15) is 5.89 Å². The lowest BCUT2D eigenvalue weighted by atomic mass is 10.2. The molecular formula is C15H10FN5O2. The van der Waals surface area contributed by atoms with Crippen LogP contribution < -0.4 is 4.84 Å². The number of aromatic nitrogens is 5. The van der Waals surface area contributed by atoms with E-state index in [-0.39, 0.29) is 18.3 Å². The monoisotopic (exact) mass is 311 g/mol. The summed E-state index contributed by atoms with van der Waals surface area (Å²) in [6.07, 6.45) is 0. The summed E-state index contributed by atoms with van der Waals surface area (Å²) >= 11 is 0. The van der Waals surface area contributed by atoms with Crippen LogP contribution in [0.25, 0.3) is 22.5 Å². The highest BCUT2D eigenvalue weighted by atomic mass is 19.1. The molecule has 23 heavy (non-hydrogen) atoms. The van der Waals surface area contributed by atoms with E-state index in [1.165, 1.54) is 17.0 Å². The molecule has 4 rings (SSSR count). The van der Waals surface area contributed by atoms with Crippen molar-refractivity contribution in [2.75, 3.05) is 0 Å². The number of para-hydroxylation sites is 1. The van der Waals surface area contributed by atoms with Crippen molar-refractivity contribution in [3.05, 3.63) is 60.2 Å². The van der Waals surface area contributed by atoms with Gasteiger partial charge < -0.3 is 9.25 Å². The summed E-state index contributed by atoms with van der Waals surface area (Å²) in [6.45, 7) is 0.0432. The van der Waals surface area contributed by atoms with E-state index >= 15 is 0 Å². The first-order valence-electron chi connectivity index (χ1n) is 6.82. The molecule has 2 aromatic carbocycles. The molecule has 0 atom stereocenters. The van der Waals surface area contributed by atoms with Crippen LogP contribution in [0.4, 0.5) is 4.39 Å². The van der Waals surface area contributed by atoms with E-state index in [4.69, 9.17) is 9.25 Å². The van der Waals surface area contributed by atoms with Crippen molar-refractivity contribution in [3.8, 4) is 11.5 Å². The third kappa shape index (κ3) is 2.61. The number of halogens is 1. The van der Waals surface area contributed by atoms with Crippen molar-refractivity contribution in [2.24, 2.45) is 0 Å². The maximum absolute atomic E-state index is 12.9. The summed E-state index contributed by atoms with van der Waals surface area (Å²) in [5.74, 6) is 0.255. The fourth-order valence-corrected chi connectivity index (χ4v) is 2.08. The van der Waals surface area contributed by atoms with Gasteiger partial charge in [0.05, 0.1) is 0 Å². The van der Waals surface area contributed by atoms with E-state index in [2.05, 4.69) is 20.5 Å². The van der Waals surface area contributed by atoms with E-state index in [1.54, 1.807) is 12.1 Å². The average molecular weight is 311 g/mol. The number of nitrogens with zero attached hydrogens (tertiary/aromatic N) is 5. The summed E-state index contributed by atoms with van der Waals surface area (Å²) in [7, 11) is 0. The Labute approximate surface area is 129 Å². The Hall–Kier alpha value is -3.29. The molecule has 0 aliphatic heterocycles. The number of fused-ring (bicyclic) bond motifs is 1. The van der Waals surface area contributed by atoms with E-state index in [1.807, 2.05) is 24.3 Å². The number of hydrogen-bond acceptors (Lipinski definition) is 6. The maximum Gasteiger partial charge on any atom is 0.257 e. The molecule has 0 radical (unpaired) electrons. The molecule has 2 aromatic heterocycles. The van der Waals surface area contributed by atoms with Gasteiger partial charge in [-0.25, -0.2) is 4.39 Å². The van der Waals surface area contributed by atoms with Crippen molar-refractivity contribution < 1.29 is 13.6 Å². The smallest absolute Gasteiger partial charge is 0.257 e. The van der Waals surface area contributed by atoms with Gasteiger partial charge >= 0.3 is 0 Å². The molecule has 0 saturated heterocycles. The van der Waals surface area contributed by atoms with Crippen LogP contribution in [0, 0.1) is 5.82 Å². The zero-order valence-electron chi connectivity index (χ0n) is 11.8. The van der Waals surface area contributed by atoms with Crippen LogP contribution in [0.2, 0.25) is 0 Å². The van der Waals surface area contributed by atoms with Gasteiger partial charge in [0.25, 0.3) is 5.89 Å². The van der Waals surface area contributed by atoms with Gasteiger partial charge in [-0.05, 0) is 41.6 Å². The summed E-state index contributed by atoms with van der Waals surface area (Å²) in [5, 5.41) is 15.7. The predicted octanol–water partition coefficient (Wildman–Crippen LogP) is 2.25. The lowest BCUT2D eigenvalue weighted by molar-refractivity contribution is 0.0618. The van der Waals surface area contributed by atoms with Gasteiger partial charge in [0.2, 0.25) is 5.89 Å². The number of benzene rings is 2. The molecule has 0 bridgehead atoms. The first-order chi connectivity index (χ1) is 11.3. The van der Waals surface area contributed by atoms with Gasteiger partial charge in [-0.3, -0.25) is 0 Å². The van der Waals surface area contributed by atoms with Gasteiger partial charge in [-0.1, -0.05) is 17.0 Å². The fraction of sp³-hybridized carbons (Fsp3) is 0.0667. The highest BCUT2D eigenvalue weighted by Crippen LogP contribution is 2.18. The molecule has 0 N–H and O–H groups in total. The maximum atomic E-state index is 12.9. The Morgan fingerprint density at radius 3 is 2.70 bits per heavy atom. The van der Waals surface area contributed by atoms with Crippen molar-refractivity contribution in [3.63, 3.8) is 0 Å². The predicted molar refractivity (Wildman–Crippen MR) is 77.5 cm³/mol. The molecule has 0 spiro atoms. The summed E-state index contributed by atoms with van der Waals surface area (Å²) in [5.41, 5.74) is 2.10. The number of hydrogen-bond donors (Lipinski definition) is 0. The standard InChI is InChI=1S/C15H10FN5O2/c16-11-7-5-10(6-8-11)15-19-18-14(23-15)9-22-21-13-4-2-1-3-12(13)17-20-21/h1-8H,9H2. The van der Waals surface area contributed by atoms with E-state index < -0.39 is 0 Å². The molecule has 0 saturated carbocycles. The minimum absolute atomic E-state index is 0.0432. The van der Waals surface area contributed by atoms with Crippen LogP contribution in [-0.2, 0) is 6.61 Å². The molecular weight excluding hydrogens is 301 g/mol. The zero-order chi connectivity index (χ0) is 15.6. The van der Waals surface area contributed by atoms with E-state index in [9.17, 15) is 4.39 Å². The molecule has 0 aliphatic rings. The van der Waals surface area contributed by atoms with Crippen LogP contribution in [0.3, 0.4) is 0 Å². The molecule has 4 aromatic rings.